The number of anilines is 1. The van der Waals surface area contributed by atoms with E-state index in [1.807, 2.05) is 6.92 Å². The summed E-state index contributed by atoms with van der Waals surface area (Å²) in [6, 6.07) is 13.4. The fourth-order valence-corrected chi connectivity index (χ4v) is 3.17. The minimum absolute atomic E-state index is 0.0220. The van der Waals surface area contributed by atoms with Crippen LogP contribution in [0.15, 0.2) is 54.6 Å². The van der Waals surface area contributed by atoms with Gasteiger partial charge in [-0.2, -0.15) is 5.10 Å². The van der Waals surface area contributed by atoms with Crippen molar-refractivity contribution in [1.29, 1.82) is 0 Å². The second-order valence-corrected chi connectivity index (χ2v) is 6.55. The second-order valence-electron chi connectivity index (χ2n) is 6.55. The number of para-hydroxylation sites is 1. The molecule has 0 spiro atoms. The summed E-state index contributed by atoms with van der Waals surface area (Å²) in [5.41, 5.74) is 1.88. The SMILES string of the molecule is Cc1n[nH]c2ccc(-c3cc(F)c(NC(=O)c4ccccc4OC=O)c(F)c3)cc12. The van der Waals surface area contributed by atoms with Crippen molar-refractivity contribution in [1.82, 2.24) is 10.2 Å². The van der Waals surface area contributed by atoms with Gasteiger partial charge in [-0.15, -0.1) is 0 Å². The largest absolute Gasteiger partial charge is 0.428 e. The Hall–Kier alpha value is -4.07. The number of halogens is 2. The van der Waals surface area contributed by atoms with E-state index in [-0.39, 0.29) is 17.8 Å². The van der Waals surface area contributed by atoms with E-state index in [1.165, 1.54) is 18.2 Å². The van der Waals surface area contributed by atoms with Crippen LogP contribution in [0, 0.1) is 18.6 Å². The zero-order valence-electron chi connectivity index (χ0n) is 15.7. The predicted octanol–water partition coefficient (Wildman–Crippen LogP) is 4.60. The van der Waals surface area contributed by atoms with Crippen molar-refractivity contribution in [2.45, 2.75) is 6.92 Å². The van der Waals surface area contributed by atoms with E-state index in [4.69, 9.17) is 4.74 Å². The molecular formula is C22H15F2N3O3. The molecule has 0 aliphatic carbocycles. The number of fused-ring (bicyclic) bond motifs is 1. The van der Waals surface area contributed by atoms with Crippen LogP contribution in [0.2, 0.25) is 0 Å². The van der Waals surface area contributed by atoms with Gasteiger partial charge in [-0.1, -0.05) is 18.2 Å². The van der Waals surface area contributed by atoms with Gasteiger partial charge in [0.2, 0.25) is 0 Å². The first kappa shape index (κ1) is 19.3. The third-order valence-electron chi connectivity index (χ3n) is 4.67. The van der Waals surface area contributed by atoms with Crippen LogP contribution in [0.25, 0.3) is 22.0 Å². The molecule has 4 aromatic rings. The number of hydrogen-bond acceptors (Lipinski definition) is 4. The summed E-state index contributed by atoms with van der Waals surface area (Å²) >= 11 is 0. The Morgan fingerprint density at radius 1 is 1.07 bits per heavy atom. The summed E-state index contributed by atoms with van der Waals surface area (Å²) in [4.78, 5) is 23.1. The van der Waals surface area contributed by atoms with Gasteiger partial charge in [-0.05, 0) is 54.4 Å². The van der Waals surface area contributed by atoms with Crippen molar-refractivity contribution in [2.24, 2.45) is 0 Å². The van der Waals surface area contributed by atoms with Crippen LogP contribution in [0.5, 0.6) is 5.75 Å². The van der Waals surface area contributed by atoms with Gasteiger partial charge in [-0.25, -0.2) is 8.78 Å². The molecular weight excluding hydrogens is 392 g/mol. The van der Waals surface area contributed by atoms with E-state index in [0.29, 0.717) is 11.1 Å². The summed E-state index contributed by atoms with van der Waals surface area (Å²) in [7, 11) is 0. The molecule has 1 amide bonds. The highest BCUT2D eigenvalue weighted by Crippen LogP contribution is 2.30. The third-order valence-corrected chi connectivity index (χ3v) is 4.67. The first-order valence-electron chi connectivity index (χ1n) is 8.92. The number of nitrogens with one attached hydrogen (secondary N) is 2. The smallest absolute Gasteiger partial charge is 0.298 e. The molecule has 0 bridgehead atoms. The lowest BCUT2D eigenvalue weighted by atomic mass is 10.0. The van der Waals surface area contributed by atoms with Crippen LogP contribution >= 0.6 is 0 Å². The van der Waals surface area contributed by atoms with Crippen LogP contribution < -0.4 is 10.1 Å². The lowest BCUT2D eigenvalue weighted by Crippen LogP contribution is -2.15. The lowest BCUT2D eigenvalue weighted by molar-refractivity contribution is -0.120. The maximum absolute atomic E-state index is 14.7. The molecule has 30 heavy (non-hydrogen) atoms. The molecule has 6 nitrogen and oxygen atoms in total. The van der Waals surface area contributed by atoms with Crippen molar-refractivity contribution in [3.8, 4) is 16.9 Å². The Labute approximate surface area is 169 Å². The molecule has 1 heterocycles. The highest BCUT2D eigenvalue weighted by atomic mass is 19.1. The quantitative estimate of drug-likeness (QED) is 0.474. The zero-order chi connectivity index (χ0) is 21.3. The summed E-state index contributed by atoms with van der Waals surface area (Å²) in [5, 5.41) is 10.0. The molecule has 0 saturated heterocycles. The average Bonchev–Trinajstić information content (AvgIpc) is 3.11. The van der Waals surface area contributed by atoms with Gasteiger partial charge in [0.05, 0.1) is 16.8 Å². The number of aromatic nitrogens is 2. The zero-order valence-corrected chi connectivity index (χ0v) is 15.7. The normalized spacial score (nSPS) is 10.8. The minimum atomic E-state index is -0.934. The minimum Gasteiger partial charge on any atom is -0.428 e. The van der Waals surface area contributed by atoms with Crippen LogP contribution in [-0.4, -0.2) is 22.6 Å². The fraction of sp³-hybridized carbons (Fsp3) is 0.0455. The fourth-order valence-electron chi connectivity index (χ4n) is 3.17. The molecule has 0 unspecified atom stereocenters. The second kappa shape index (κ2) is 7.75. The van der Waals surface area contributed by atoms with Crippen molar-refractivity contribution in [3.05, 3.63) is 77.5 Å². The van der Waals surface area contributed by atoms with E-state index in [1.54, 1.807) is 24.3 Å². The molecule has 0 saturated carbocycles. The Balaban J connectivity index is 1.67. The molecule has 8 heteroatoms. The summed E-state index contributed by atoms with van der Waals surface area (Å²) in [6.45, 7) is 2.00. The third kappa shape index (κ3) is 3.50. The number of H-pyrrole nitrogens is 1. The molecule has 0 aliphatic rings. The predicted molar refractivity (Wildman–Crippen MR) is 107 cm³/mol. The molecule has 0 aliphatic heterocycles. The van der Waals surface area contributed by atoms with E-state index in [0.717, 1.165) is 28.7 Å². The van der Waals surface area contributed by atoms with Crippen molar-refractivity contribution in [3.63, 3.8) is 0 Å². The number of aryl methyl sites for hydroxylation is 1. The number of carbonyl (C=O) groups excluding carboxylic acids is 2. The maximum atomic E-state index is 14.7. The lowest BCUT2D eigenvalue weighted by Gasteiger charge is -2.12. The number of carbonyl (C=O) groups is 2. The standard InChI is InChI=1S/C22H15F2N3O3/c1-12-16-8-13(6-7-19(16)27-26-12)14-9-17(23)21(18(24)10-14)25-22(29)15-4-2-3-5-20(15)30-11-28/h2-11H,1H3,(H,25,29)(H,26,27). The Morgan fingerprint density at radius 2 is 1.80 bits per heavy atom. The number of nitrogens with zero attached hydrogens (tertiary/aromatic N) is 1. The van der Waals surface area contributed by atoms with Crippen molar-refractivity contribution >= 4 is 29.0 Å². The molecule has 0 atom stereocenters. The number of ether oxygens (including phenoxy) is 1. The van der Waals surface area contributed by atoms with E-state index < -0.39 is 23.2 Å². The van der Waals surface area contributed by atoms with Gasteiger partial charge in [-0.3, -0.25) is 14.7 Å². The molecule has 0 radical (unpaired) electrons. The van der Waals surface area contributed by atoms with Crippen LogP contribution in [-0.2, 0) is 4.79 Å². The van der Waals surface area contributed by atoms with Crippen LogP contribution in [0.1, 0.15) is 16.1 Å². The highest BCUT2D eigenvalue weighted by Gasteiger charge is 2.18. The number of benzene rings is 3. The highest BCUT2D eigenvalue weighted by molar-refractivity contribution is 6.06. The molecule has 150 valence electrons. The van der Waals surface area contributed by atoms with Gasteiger partial charge in [0.1, 0.15) is 23.1 Å². The Morgan fingerprint density at radius 3 is 2.53 bits per heavy atom. The van der Waals surface area contributed by atoms with Crippen molar-refractivity contribution < 1.29 is 23.1 Å². The van der Waals surface area contributed by atoms with Crippen LogP contribution in [0.4, 0.5) is 14.5 Å². The average molecular weight is 407 g/mol. The van der Waals surface area contributed by atoms with Crippen molar-refractivity contribution in [2.75, 3.05) is 5.32 Å². The van der Waals surface area contributed by atoms with Gasteiger partial charge in [0.15, 0.2) is 0 Å². The number of aromatic amines is 1. The van der Waals surface area contributed by atoms with E-state index >= 15 is 0 Å². The Bertz CT molecular complexity index is 1260. The number of rotatable bonds is 5. The monoisotopic (exact) mass is 407 g/mol. The maximum Gasteiger partial charge on any atom is 0.298 e. The van der Waals surface area contributed by atoms with E-state index in [2.05, 4.69) is 15.5 Å². The van der Waals surface area contributed by atoms with Gasteiger partial charge < -0.3 is 10.1 Å². The first-order chi connectivity index (χ1) is 14.5. The molecule has 2 N–H and O–H groups in total. The molecule has 4 rings (SSSR count). The molecule has 1 aromatic heterocycles. The summed E-state index contributed by atoms with van der Waals surface area (Å²) in [6.07, 6.45) is 0. The van der Waals surface area contributed by atoms with E-state index in [9.17, 15) is 18.4 Å². The van der Waals surface area contributed by atoms with Gasteiger partial charge in [0, 0.05) is 5.39 Å². The topological polar surface area (TPSA) is 84.1 Å². The molecule has 0 fully saturated rings. The molecule has 3 aromatic carbocycles. The summed E-state index contributed by atoms with van der Waals surface area (Å²) in [5.74, 6) is -2.70. The van der Waals surface area contributed by atoms with Gasteiger partial charge in [0.25, 0.3) is 12.4 Å². The Kier molecular flexibility index (Phi) is 4.97. The number of hydrogen-bond donors (Lipinski definition) is 2. The number of amides is 1. The first-order valence-corrected chi connectivity index (χ1v) is 8.92. The van der Waals surface area contributed by atoms with Gasteiger partial charge >= 0.3 is 0 Å². The summed E-state index contributed by atoms with van der Waals surface area (Å²) < 4.78 is 34.1. The van der Waals surface area contributed by atoms with Crippen LogP contribution in [0.3, 0.4) is 0 Å².